The molecule has 0 spiro atoms. The average molecular weight is 402 g/mol. The van der Waals surface area contributed by atoms with Crippen LogP contribution in [0, 0.1) is 0 Å². The number of carbonyl (C=O) groups is 1. The van der Waals surface area contributed by atoms with Crippen LogP contribution in [0.4, 0.5) is 0 Å². The van der Waals surface area contributed by atoms with Crippen molar-refractivity contribution in [2.24, 2.45) is 0 Å². The van der Waals surface area contributed by atoms with Gasteiger partial charge in [0.2, 0.25) is 5.82 Å². The van der Waals surface area contributed by atoms with Gasteiger partial charge in [0.1, 0.15) is 6.33 Å². The van der Waals surface area contributed by atoms with Crippen LogP contribution >= 0.6 is 11.6 Å². The van der Waals surface area contributed by atoms with Crippen molar-refractivity contribution in [2.75, 3.05) is 0 Å². The molecule has 0 bridgehead atoms. The molecule has 1 N–H and O–H groups in total. The lowest BCUT2D eigenvalue weighted by Crippen LogP contribution is -2.39. The Morgan fingerprint density at radius 2 is 2.14 bits per heavy atom. The van der Waals surface area contributed by atoms with Crippen molar-refractivity contribution >= 4 is 17.6 Å². The summed E-state index contributed by atoms with van der Waals surface area (Å²) in [4.78, 5) is 21.5. The Kier molecular flexibility index (Phi) is 5.13. The molecule has 1 aliphatic rings. The molecule has 1 fully saturated rings. The second-order valence-electron chi connectivity index (χ2n) is 6.99. The molecule has 0 aliphatic heterocycles. The standard InChI is InChI=1S/C19H20ClN5O3/c1-12(17-23-16(25-28-17)15-21-11-22-24-15)27-18(26)19(8-3-2-4-9-19)13-6-5-7-14(20)10-13/h5-7,10-12H,2-4,8-9H2,1H3,(H,21,22,24)/t12-/m1/s1. The molecule has 2 heterocycles. The van der Waals surface area contributed by atoms with Crippen molar-refractivity contribution in [3.63, 3.8) is 0 Å². The van der Waals surface area contributed by atoms with E-state index in [1.54, 1.807) is 13.0 Å². The molecule has 146 valence electrons. The van der Waals surface area contributed by atoms with Gasteiger partial charge in [0.05, 0.1) is 5.41 Å². The molecule has 1 atom stereocenters. The molecule has 0 amide bonds. The van der Waals surface area contributed by atoms with Gasteiger partial charge in [-0.05, 0) is 37.5 Å². The third-order valence-corrected chi connectivity index (χ3v) is 5.41. The molecule has 2 aromatic heterocycles. The van der Waals surface area contributed by atoms with Crippen molar-refractivity contribution in [1.82, 2.24) is 25.3 Å². The number of hydrogen-bond acceptors (Lipinski definition) is 7. The third kappa shape index (κ3) is 3.52. The van der Waals surface area contributed by atoms with E-state index in [9.17, 15) is 4.79 Å². The highest BCUT2D eigenvalue weighted by Gasteiger charge is 2.43. The molecule has 8 nitrogen and oxygen atoms in total. The predicted molar refractivity (Wildman–Crippen MR) is 100 cm³/mol. The lowest BCUT2D eigenvalue weighted by Gasteiger charge is -2.36. The Hall–Kier alpha value is -2.74. The number of esters is 1. The van der Waals surface area contributed by atoms with E-state index in [-0.39, 0.29) is 17.7 Å². The van der Waals surface area contributed by atoms with Gasteiger partial charge in [0.15, 0.2) is 11.9 Å². The molecule has 28 heavy (non-hydrogen) atoms. The first-order chi connectivity index (χ1) is 13.6. The zero-order valence-corrected chi connectivity index (χ0v) is 16.1. The first kappa shape index (κ1) is 18.6. The average Bonchev–Trinajstić information content (AvgIpc) is 3.40. The van der Waals surface area contributed by atoms with E-state index in [1.807, 2.05) is 18.2 Å². The van der Waals surface area contributed by atoms with Crippen LogP contribution < -0.4 is 0 Å². The number of H-pyrrole nitrogens is 1. The molecular weight excluding hydrogens is 382 g/mol. The Balaban J connectivity index is 1.56. The highest BCUT2D eigenvalue weighted by atomic mass is 35.5. The number of carbonyl (C=O) groups excluding carboxylic acids is 1. The summed E-state index contributed by atoms with van der Waals surface area (Å²) >= 11 is 6.18. The summed E-state index contributed by atoms with van der Waals surface area (Å²) in [5.41, 5.74) is 0.190. The number of halogens is 1. The fourth-order valence-electron chi connectivity index (χ4n) is 3.69. The van der Waals surface area contributed by atoms with Gasteiger partial charge < -0.3 is 9.26 Å². The second-order valence-corrected chi connectivity index (χ2v) is 7.43. The number of rotatable bonds is 5. The van der Waals surface area contributed by atoms with E-state index in [0.29, 0.717) is 10.8 Å². The highest BCUT2D eigenvalue weighted by molar-refractivity contribution is 6.30. The van der Waals surface area contributed by atoms with Crippen LogP contribution in [0.5, 0.6) is 0 Å². The van der Waals surface area contributed by atoms with E-state index in [0.717, 1.165) is 37.7 Å². The van der Waals surface area contributed by atoms with E-state index in [1.165, 1.54) is 6.33 Å². The number of aromatic nitrogens is 5. The molecule has 3 aromatic rings. The molecular formula is C19H20ClN5O3. The van der Waals surface area contributed by atoms with Crippen molar-refractivity contribution in [3.05, 3.63) is 47.1 Å². The molecule has 9 heteroatoms. The first-order valence-corrected chi connectivity index (χ1v) is 9.63. The highest BCUT2D eigenvalue weighted by Crippen LogP contribution is 2.42. The largest absolute Gasteiger partial charge is 0.452 e. The molecule has 0 radical (unpaired) electrons. The van der Waals surface area contributed by atoms with E-state index in [2.05, 4.69) is 25.3 Å². The topological polar surface area (TPSA) is 107 Å². The summed E-state index contributed by atoms with van der Waals surface area (Å²) in [7, 11) is 0. The van der Waals surface area contributed by atoms with Crippen LogP contribution in [0.1, 0.15) is 56.6 Å². The Morgan fingerprint density at radius 3 is 2.86 bits per heavy atom. The minimum atomic E-state index is -0.703. The fourth-order valence-corrected chi connectivity index (χ4v) is 3.88. The van der Waals surface area contributed by atoms with Gasteiger partial charge in [-0.15, -0.1) is 0 Å². The monoisotopic (exact) mass is 401 g/mol. The number of nitrogens with zero attached hydrogens (tertiary/aromatic N) is 4. The van der Waals surface area contributed by atoms with Crippen LogP contribution in [0.2, 0.25) is 5.02 Å². The van der Waals surface area contributed by atoms with Crippen LogP contribution in [-0.2, 0) is 14.9 Å². The Morgan fingerprint density at radius 1 is 1.32 bits per heavy atom. The van der Waals surface area contributed by atoms with Gasteiger partial charge in [0.25, 0.3) is 5.89 Å². The van der Waals surface area contributed by atoms with Crippen molar-refractivity contribution in [3.8, 4) is 11.6 Å². The lowest BCUT2D eigenvalue weighted by molar-refractivity contribution is -0.158. The molecule has 4 rings (SSSR count). The van der Waals surface area contributed by atoms with Gasteiger partial charge in [-0.25, -0.2) is 4.98 Å². The smallest absolute Gasteiger partial charge is 0.317 e. The maximum absolute atomic E-state index is 13.3. The lowest BCUT2D eigenvalue weighted by atomic mass is 9.69. The van der Waals surface area contributed by atoms with Crippen molar-refractivity contribution in [1.29, 1.82) is 0 Å². The number of ether oxygens (including phenoxy) is 1. The maximum Gasteiger partial charge on any atom is 0.317 e. The summed E-state index contributed by atoms with van der Waals surface area (Å²) in [6.45, 7) is 1.71. The fraction of sp³-hybridized carbons (Fsp3) is 0.421. The van der Waals surface area contributed by atoms with Crippen LogP contribution in [0.15, 0.2) is 35.1 Å². The van der Waals surface area contributed by atoms with Crippen molar-refractivity contribution in [2.45, 2.75) is 50.5 Å². The van der Waals surface area contributed by atoms with E-state index < -0.39 is 11.5 Å². The van der Waals surface area contributed by atoms with Gasteiger partial charge in [-0.3, -0.25) is 9.89 Å². The number of hydrogen-bond donors (Lipinski definition) is 1. The molecule has 1 aromatic carbocycles. The summed E-state index contributed by atoms with van der Waals surface area (Å²) in [5.74, 6) is 0.562. The second kappa shape index (κ2) is 7.71. The maximum atomic E-state index is 13.3. The van der Waals surface area contributed by atoms with E-state index >= 15 is 0 Å². The minimum absolute atomic E-state index is 0.205. The van der Waals surface area contributed by atoms with E-state index in [4.69, 9.17) is 20.9 Å². The summed E-state index contributed by atoms with van der Waals surface area (Å²) in [5, 5.41) is 10.9. The van der Waals surface area contributed by atoms with Crippen LogP contribution in [0.25, 0.3) is 11.6 Å². The summed E-state index contributed by atoms with van der Waals surface area (Å²) < 4.78 is 11.0. The van der Waals surface area contributed by atoms with Crippen molar-refractivity contribution < 1.29 is 14.1 Å². The summed E-state index contributed by atoms with van der Waals surface area (Å²) in [6.07, 6.45) is 5.16. The first-order valence-electron chi connectivity index (χ1n) is 9.25. The van der Waals surface area contributed by atoms with Gasteiger partial charge in [0, 0.05) is 5.02 Å². The minimum Gasteiger partial charge on any atom is -0.452 e. The molecule has 1 saturated carbocycles. The van der Waals surface area contributed by atoms with Crippen LogP contribution in [0.3, 0.4) is 0 Å². The van der Waals surface area contributed by atoms with Crippen LogP contribution in [-0.4, -0.2) is 31.3 Å². The normalized spacial score (nSPS) is 17.2. The number of aromatic amines is 1. The van der Waals surface area contributed by atoms with Gasteiger partial charge in [-0.1, -0.05) is 48.2 Å². The molecule has 1 aliphatic carbocycles. The third-order valence-electron chi connectivity index (χ3n) is 5.18. The van der Waals surface area contributed by atoms with Gasteiger partial charge in [-0.2, -0.15) is 10.1 Å². The quantitative estimate of drug-likeness (QED) is 0.643. The zero-order valence-electron chi connectivity index (χ0n) is 15.4. The Labute approximate surface area is 166 Å². The van der Waals surface area contributed by atoms with Gasteiger partial charge >= 0.3 is 5.97 Å². The number of benzene rings is 1. The SMILES string of the molecule is C[C@@H](OC(=O)C1(c2cccc(Cl)c2)CCCCC1)c1nc(-c2ncn[nH]2)no1. The summed E-state index contributed by atoms with van der Waals surface area (Å²) in [6, 6.07) is 7.47. The zero-order chi connectivity index (χ0) is 19.6. The molecule has 0 saturated heterocycles. The molecule has 0 unspecified atom stereocenters. The predicted octanol–water partition coefficient (Wildman–Crippen LogP) is 4.01. The number of nitrogens with one attached hydrogen (secondary N) is 1. The Bertz CT molecular complexity index is 950.